The Morgan fingerprint density at radius 1 is 1.06 bits per heavy atom. The lowest BCUT2D eigenvalue weighted by Gasteiger charge is -2.34. The minimum absolute atomic E-state index is 0.249. The van der Waals surface area contributed by atoms with E-state index in [1.165, 1.54) is 17.5 Å². The summed E-state index contributed by atoms with van der Waals surface area (Å²) in [5.41, 5.74) is 1.75. The highest BCUT2D eigenvalue weighted by atomic mass is 35.5. The molecule has 2 heterocycles. The molecule has 1 aliphatic heterocycles. The van der Waals surface area contributed by atoms with Crippen molar-refractivity contribution < 1.29 is 17.6 Å². The van der Waals surface area contributed by atoms with Crippen LogP contribution in [-0.2, 0) is 16.6 Å². The third-order valence-corrected chi connectivity index (χ3v) is 7.85. The van der Waals surface area contributed by atoms with Crippen molar-refractivity contribution >= 4 is 32.6 Å². The van der Waals surface area contributed by atoms with Crippen LogP contribution in [0.4, 0.5) is 0 Å². The second-order valence-electron chi connectivity index (χ2n) is 7.54. The molecule has 0 spiro atoms. The van der Waals surface area contributed by atoms with Gasteiger partial charge in [-0.25, -0.2) is 13.2 Å². The largest absolute Gasteiger partial charge is 0.497 e. The molecule has 0 bridgehead atoms. The molecule has 31 heavy (non-hydrogen) atoms. The van der Waals surface area contributed by atoms with Crippen molar-refractivity contribution in [1.82, 2.24) is 9.21 Å². The van der Waals surface area contributed by atoms with Crippen LogP contribution in [-0.4, -0.2) is 50.9 Å². The van der Waals surface area contributed by atoms with Gasteiger partial charge in [0.15, 0.2) is 0 Å². The molecule has 1 fully saturated rings. The molecule has 7 nitrogen and oxygen atoms in total. The Hall–Kier alpha value is -2.39. The summed E-state index contributed by atoms with van der Waals surface area (Å²) in [5.74, 6) is 0.610. The molecule has 0 aliphatic carbocycles. The molecule has 1 aliphatic rings. The van der Waals surface area contributed by atoms with Gasteiger partial charge in [-0.05, 0) is 54.4 Å². The van der Waals surface area contributed by atoms with Crippen LogP contribution in [0, 0.1) is 6.92 Å². The minimum Gasteiger partial charge on any atom is -0.497 e. The normalized spacial score (nSPS) is 16.0. The molecule has 2 aromatic carbocycles. The van der Waals surface area contributed by atoms with Crippen LogP contribution < -0.4 is 10.4 Å². The summed E-state index contributed by atoms with van der Waals surface area (Å²) in [4.78, 5) is 14.4. The molecule has 0 unspecified atom stereocenters. The Morgan fingerprint density at radius 3 is 2.39 bits per heavy atom. The monoisotopic (exact) mass is 462 g/mol. The number of sulfonamides is 1. The maximum atomic E-state index is 12.9. The van der Waals surface area contributed by atoms with Gasteiger partial charge in [0.1, 0.15) is 11.3 Å². The molecule has 4 rings (SSSR count). The lowest BCUT2D eigenvalue weighted by molar-refractivity contribution is 0.182. The Bertz CT molecular complexity index is 1260. The van der Waals surface area contributed by atoms with Crippen LogP contribution in [0.2, 0.25) is 5.02 Å². The van der Waals surface area contributed by atoms with Gasteiger partial charge < -0.3 is 9.15 Å². The summed E-state index contributed by atoms with van der Waals surface area (Å²) in [6.45, 7) is 4.21. The number of ether oxygens (including phenoxy) is 1. The standard InChI is InChI=1S/C22H23ClN2O5S/c1-15-11-21-19(13-20(15)23)16(12-22(26)30-21)14-24-7-9-25(10-8-24)31(27,28)18-5-3-17(29-2)4-6-18/h3-6,11-13H,7-10,14H2,1-2H3. The SMILES string of the molecule is COc1ccc(S(=O)(=O)N2CCN(Cc3cc(=O)oc4cc(C)c(Cl)cc34)CC2)cc1. The number of rotatable bonds is 5. The van der Waals surface area contributed by atoms with E-state index < -0.39 is 15.6 Å². The predicted octanol–water partition coefficient (Wildman–Crippen LogP) is 3.27. The maximum Gasteiger partial charge on any atom is 0.336 e. The fourth-order valence-corrected chi connectivity index (χ4v) is 5.33. The van der Waals surface area contributed by atoms with Gasteiger partial charge in [-0.1, -0.05) is 11.6 Å². The third kappa shape index (κ3) is 4.48. The van der Waals surface area contributed by atoms with Gasteiger partial charge in [0.25, 0.3) is 0 Å². The number of benzene rings is 2. The molecule has 1 aromatic heterocycles. The van der Waals surface area contributed by atoms with Crippen molar-refractivity contribution in [3.8, 4) is 5.75 Å². The lowest BCUT2D eigenvalue weighted by atomic mass is 10.1. The Labute approximate surface area is 185 Å². The molecule has 0 N–H and O–H groups in total. The number of piperazine rings is 1. The fourth-order valence-electron chi connectivity index (χ4n) is 3.74. The number of nitrogens with zero attached hydrogens (tertiary/aromatic N) is 2. The summed E-state index contributed by atoms with van der Waals surface area (Å²) in [7, 11) is -2.03. The number of aryl methyl sites for hydroxylation is 1. The van der Waals surface area contributed by atoms with Crippen molar-refractivity contribution in [2.75, 3.05) is 33.3 Å². The summed E-state index contributed by atoms with van der Waals surface area (Å²) >= 11 is 6.27. The number of hydrogen-bond donors (Lipinski definition) is 0. The lowest BCUT2D eigenvalue weighted by Crippen LogP contribution is -2.48. The summed E-state index contributed by atoms with van der Waals surface area (Å²) in [6.07, 6.45) is 0. The van der Waals surface area contributed by atoms with Crippen LogP contribution in [0.1, 0.15) is 11.1 Å². The first-order chi connectivity index (χ1) is 14.8. The van der Waals surface area contributed by atoms with Crippen LogP contribution in [0.5, 0.6) is 5.75 Å². The maximum absolute atomic E-state index is 12.9. The van der Waals surface area contributed by atoms with Gasteiger partial charge in [0.05, 0.1) is 12.0 Å². The average Bonchev–Trinajstić information content (AvgIpc) is 2.75. The summed E-state index contributed by atoms with van der Waals surface area (Å²) in [6, 6.07) is 11.5. The highest BCUT2D eigenvalue weighted by molar-refractivity contribution is 7.89. The van der Waals surface area contributed by atoms with Gasteiger partial charge in [0, 0.05) is 49.2 Å². The zero-order valence-corrected chi connectivity index (χ0v) is 18.9. The second-order valence-corrected chi connectivity index (χ2v) is 9.89. The zero-order chi connectivity index (χ0) is 22.2. The van der Waals surface area contributed by atoms with E-state index in [0.29, 0.717) is 49.1 Å². The predicted molar refractivity (Wildman–Crippen MR) is 119 cm³/mol. The van der Waals surface area contributed by atoms with E-state index in [1.807, 2.05) is 13.0 Å². The number of halogens is 1. The summed E-state index contributed by atoms with van der Waals surface area (Å²) < 4.78 is 37.8. The third-order valence-electron chi connectivity index (χ3n) is 5.53. The van der Waals surface area contributed by atoms with E-state index in [9.17, 15) is 13.2 Å². The van der Waals surface area contributed by atoms with E-state index in [0.717, 1.165) is 16.5 Å². The number of methoxy groups -OCH3 is 1. The average molecular weight is 463 g/mol. The Morgan fingerprint density at radius 2 is 1.74 bits per heavy atom. The van der Waals surface area contributed by atoms with E-state index in [4.69, 9.17) is 20.8 Å². The van der Waals surface area contributed by atoms with Crippen molar-refractivity contribution in [3.63, 3.8) is 0 Å². The Balaban J connectivity index is 1.49. The molecule has 164 valence electrons. The van der Waals surface area contributed by atoms with Crippen LogP contribution in [0.15, 0.2) is 56.6 Å². The van der Waals surface area contributed by atoms with Crippen molar-refractivity contribution in [2.24, 2.45) is 0 Å². The smallest absolute Gasteiger partial charge is 0.336 e. The first-order valence-electron chi connectivity index (χ1n) is 9.87. The number of fused-ring (bicyclic) bond motifs is 1. The molecule has 0 saturated carbocycles. The highest BCUT2D eigenvalue weighted by Crippen LogP contribution is 2.27. The molecular weight excluding hydrogens is 440 g/mol. The molecule has 9 heteroatoms. The van der Waals surface area contributed by atoms with Crippen LogP contribution >= 0.6 is 11.6 Å². The van der Waals surface area contributed by atoms with Crippen molar-refractivity contribution in [3.05, 3.63) is 69.0 Å². The number of hydrogen-bond acceptors (Lipinski definition) is 6. The van der Waals surface area contributed by atoms with Crippen LogP contribution in [0.25, 0.3) is 11.0 Å². The quantitative estimate of drug-likeness (QED) is 0.541. The van der Waals surface area contributed by atoms with Gasteiger partial charge in [-0.2, -0.15) is 4.31 Å². The molecule has 0 radical (unpaired) electrons. The van der Waals surface area contributed by atoms with Crippen molar-refractivity contribution in [1.29, 1.82) is 0 Å². The molecule has 0 atom stereocenters. The van der Waals surface area contributed by atoms with Gasteiger partial charge in [0.2, 0.25) is 10.0 Å². The summed E-state index contributed by atoms with van der Waals surface area (Å²) in [5, 5.41) is 1.40. The van der Waals surface area contributed by atoms with Gasteiger partial charge in [-0.3, -0.25) is 4.90 Å². The van der Waals surface area contributed by atoms with Gasteiger partial charge in [-0.15, -0.1) is 0 Å². The highest BCUT2D eigenvalue weighted by Gasteiger charge is 2.28. The van der Waals surface area contributed by atoms with E-state index in [-0.39, 0.29) is 4.90 Å². The Kier molecular flexibility index (Phi) is 6.07. The molecular formula is C22H23ClN2O5S. The fraction of sp³-hybridized carbons (Fsp3) is 0.318. The molecule has 3 aromatic rings. The van der Waals surface area contributed by atoms with E-state index in [2.05, 4.69) is 4.90 Å². The molecule has 1 saturated heterocycles. The molecule has 0 amide bonds. The first-order valence-corrected chi connectivity index (χ1v) is 11.7. The second kappa shape index (κ2) is 8.63. The van der Waals surface area contributed by atoms with Crippen molar-refractivity contribution in [2.45, 2.75) is 18.4 Å². The first kappa shape index (κ1) is 21.8. The zero-order valence-electron chi connectivity index (χ0n) is 17.3. The van der Waals surface area contributed by atoms with Crippen LogP contribution in [0.3, 0.4) is 0 Å². The minimum atomic E-state index is -3.57. The van der Waals surface area contributed by atoms with E-state index >= 15 is 0 Å². The van der Waals surface area contributed by atoms with Gasteiger partial charge >= 0.3 is 5.63 Å². The van der Waals surface area contributed by atoms with E-state index in [1.54, 1.807) is 30.3 Å². The topological polar surface area (TPSA) is 80.1 Å².